The molecule has 2 N–H and O–H groups in total. The minimum Gasteiger partial charge on any atom is -0.384 e. The van der Waals surface area contributed by atoms with Crippen molar-refractivity contribution in [1.29, 1.82) is 0 Å². The molecule has 3 heteroatoms. The second-order valence-electron chi connectivity index (χ2n) is 7.05. The lowest BCUT2D eigenvalue weighted by Crippen LogP contribution is -2.44. The summed E-state index contributed by atoms with van der Waals surface area (Å²) in [6, 6.07) is 11.0. The van der Waals surface area contributed by atoms with Gasteiger partial charge in [0.1, 0.15) is 0 Å². The van der Waals surface area contributed by atoms with Crippen molar-refractivity contribution in [3.8, 4) is 0 Å². The van der Waals surface area contributed by atoms with E-state index in [0.717, 1.165) is 37.8 Å². The highest BCUT2D eigenvalue weighted by molar-refractivity contribution is 5.48. The number of carbonyl (C=O) groups is 1. The fourth-order valence-corrected chi connectivity index (χ4v) is 2.99. The maximum Gasteiger partial charge on any atom is 0.207 e. The van der Waals surface area contributed by atoms with E-state index in [-0.39, 0.29) is 6.04 Å². The Labute approximate surface area is 147 Å². The molecular weight excluding hydrogens is 296 g/mol. The first-order valence-corrected chi connectivity index (χ1v) is 9.18. The van der Waals surface area contributed by atoms with E-state index in [1.54, 1.807) is 0 Å². The molecule has 1 amide bonds. The lowest BCUT2D eigenvalue weighted by Gasteiger charge is -2.31. The Hall–Kier alpha value is -1.77. The van der Waals surface area contributed by atoms with Crippen molar-refractivity contribution in [2.24, 2.45) is 11.8 Å². The molecule has 0 aliphatic carbocycles. The second kappa shape index (κ2) is 10.9. The number of benzene rings is 1. The van der Waals surface area contributed by atoms with Crippen LogP contribution in [-0.2, 0) is 11.2 Å². The SMILES string of the molecule is C=C(NC(CCCc1ccccc1)C(C)C)C(NC=O)[C@@H](C)CC. The van der Waals surface area contributed by atoms with Crippen molar-refractivity contribution < 1.29 is 4.79 Å². The smallest absolute Gasteiger partial charge is 0.207 e. The van der Waals surface area contributed by atoms with Crippen LogP contribution in [-0.4, -0.2) is 18.5 Å². The lowest BCUT2D eigenvalue weighted by molar-refractivity contribution is -0.110. The first kappa shape index (κ1) is 20.3. The van der Waals surface area contributed by atoms with E-state index in [9.17, 15) is 4.79 Å². The Morgan fingerprint density at radius 2 is 1.88 bits per heavy atom. The molecule has 3 atom stereocenters. The van der Waals surface area contributed by atoms with Crippen LogP contribution < -0.4 is 10.6 Å². The molecule has 0 heterocycles. The predicted octanol–water partition coefficient (Wildman–Crippen LogP) is 4.30. The predicted molar refractivity (Wildman–Crippen MR) is 103 cm³/mol. The number of nitrogens with one attached hydrogen (secondary N) is 2. The number of hydrogen-bond acceptors (Lipinski definition) is 2. The largest absolute Gasteiger partial charge is 0.384 e. The van der Waals surface area contributed by atoms with Gasteiger partial charge in [0.15, 0.2) is 0 Å². The van der Waals surface area contributed by atoms with Crippen LogP contribution in [0.5, 0.6) is 0 Å². The van der Waals surface area contributed by atoms with Crippen molar-refractivity contribution in [3.63, 3.8) is 0 Å². The molecule has 24 heavy (non-hydrogen) atoms. The zero-order valence-corrected chi connectivity index (χ0v) is 15.7. The van der Waals surface area contributed by atoms with Gasteiger partial charge >= 0.3 is 0 Å². The second-order valence-corrected chi connectivity index (χ2v) is 7.05. The van der Waals surface area contributed by atoms with Crippen LogP contribution in [0.4, 0.5) is 0 Å². The third-order valence-electron chi connectivity index (χ3n) is 4.83. The minimum absolute atomic E-state index is 0.0112. The third-order valence-corrected chi connectivity index (χ3v) is 4.83. The molecule has 0 aliphatic heterocycles. The summed E-state index contributed by atoms with van der Waals surface area (Å²) in [5.41, 5.74) is 2.31. The Morgan fingerprint density at radius 1 is 1.21 bits per heavy atom. The molecule has 1 rings (SSSR count). The molecule has 0 bridgehead atoms. The number of aryl methyl sites for hydroxylation is 1. The first-order valence-electron chi connectivity index (χ1n) is 9.18. The Kier molecular flexibility index (Phi) is 9.21. The molecular formula is C21H34N2O. The topological polar surface area (TPSA) is 41.1 Å². The van der Waals surface area contributed by atoms with E-state index in [1.165, 1.54) is 5.56 Å². The number of rotatable bonds is 12. The van der Waals surface area contributed by atoms with Crippen LogP contribution in [0, 0.1) is 11.8 Å². The van der Waals surface area contributed by atoms with Crippen molar-refractivity contribution in [1.82, 2.24) is 10.6 Å². The number of hydrogen-bond donors (Lipinski definition) is 2. The van der Waals surface area contributed by atoms with Crippen molar-refractivity contribution in [3.05, 3.63) is 48.2 Å². The monoisotopic (exact) mass is 330 g/mol. The molecule has 0 aromatic heterocycles. The van der Waals surface area contributed by atoms with Crippen molar-refractivity contribution in [2.75, 3.05) is 0 Å². The summed E-state index contributed by atoms with van der Waals surface area (Å²) in [5, 5.41) is 6.50. The average molecular weight is 331 g/mol. The molecule has 0 saturated heterocycles. The van der Waals surface area contributed by atoms with Gasteiger partial charge in [0, 0.05) is 11.7 Å². The molecule has 3 nitrogen and oxygen atoms in total. The third kappa shape index (κ3) is 6.77. The number of amides is 1. The summed E-state index contributed by atoms with van der Waals surface area (Å²) in [6.45, 7) is 13.0. The van der Waals surface area contributed by atoms with Gasteiger partial charge in [0.25, 0.3) is 0 Å². The maximum absolute atomic E-state index is 10.9. The van der Waals surface area contributed by atoms with Crippen LogP contribution >= 0.6 is 0 Å². The van der Waals surface area contributed by atoms with Crippen molar-refractivity contribution in [2.45, 2.75) is 65.5 Å². The van der Waals surface area contributed by atoms with E-state index >= 15 is 0 Å². The van der Waals surface area contributed by atoms with Crippen LogP contribution in [0.15, 0.2) is 42.6 Å². The van der Waals surface area contributed by atoms with Gasteiger partial charge in [-0.05, 0) is 36.7 Å². The summed E-state index contributed by atoms with van der Waals surface area (Å²) in [4.78, 5) is 10.9. The summed E-state index contributed by atoms with van der Waals surface area (Å²) < 4.78 is 0. The summed E-state index contributed by atoms with van der Waals surface area (Å²) in [6.07, 6.45) is 5.12. The highest BCUT2D eigenvalue weighted by Gasteiger charge is 2.21. The molecule has 1 aromatic rings. The molecule has 1 aromatic carbocycles. The van der Waals surface area contributed by atoms with Gasteiger partial charge in [-0.15, -0.1) is 0 Å². The molecule has 2 unspecified atom stereocenters. The highest BCUT2D eigenvalue weighted by Crippen LogP contribution is 2.17. The van der Waals surface area contributed by atoms with Crippen LogP contribution in [0.1, 0.15) is 52.5 Å². The van der Waals surface area contributed by atoms with E-state index < -0.39 is 0 Å². The normalized spacial score (nSPS) is 14.7. The first-order chi connectivity index (χ1) is 11.5. The van der Waals surface area contributed by atoms with Crippen LogP contribution in [0.2, 0.25) is 0 Å². The van der Waals surface area contributed by atoms with Gasteiger partial charge in [-0.1, -0.05) is 71.0 Å². The van der Waals surface area contributed by atoms with E-state index in [4.69, 9.17) is 0 Å². The van der Waals surface area contributed by atoms with Gasteiger partial charge < -0.3 is 10.6 Å². The zero-order chi connectivity index (χ0) is 17.9. The van der Waals surface area contributed by atoms with E-state index in [1.807, 2.05) is 0 Å². The fourth-order valence-electron chi connectivity index (χ4n) is 2.99. The molecule has 134 valence electrons. The Balaban J connectivity index is 2.57. The van der Waals surface area contributed by atoms with Gasteiger partial charge in [0.05, 0.1) is 6.04 Å². The summed E-state index contributed by atoms with van der Waals surface area (Å²) in [5.74, 6) is 0.888. The van der Waals surface area contributed by atoms with Crippen LogP contribution in [0.25, 0.3) is 0 Å². The fraction of sp³-hybridized carbons (Fsp3) is 0.571. The molecule has 0 spiro atoms. The standard InChI is InChI=1S/C21H34N2O/c1-6-17(4)21(22-15-24)18(5)23-20(16(2)3)14-10-13-19-11-8-7-9-12-19/h7-9,11-12,15-17,20-21,23H,5-6,10,13-14H2,1-4H3,(H,22,24)/t17-,20?,21?/m0/s1. The van der Waals surface area contributed by atoms with Gasteiger partial charge in [0.2, 0.25) is 6.41 Å². The van der Waals surface area contributed by atoms with Gasteiger partial charge in [-0.25, -0.2) is 0 Å². The lowest BCUT2D eigenvalue weighted by atomic mass is 9.93. The van der Waals surface area contributed by atoms with Gasteiger partial charge in [-0.3, -0.25) is 4.79 Å². The summed E-state index contributed by atoms with van der Waals surface area (Å²) >= 11 is 0. The van der Waals surface area contributed by atoms with E-state index in [2.05, 4.69) is 75.2 Å². The number of carbonyl (C=O) groups excluding carboxylic acids is 1. The average Bonchev–Trinajstić information content (AvgIpc) is 2.58. The Morgan fingerprint density at radius 3 is 2.42 bits per heavy atom. The maximum atomic E-state index is 10.9. The molecule has 0 saturated carbocycles. The van der Waals surface area contributed by atoms with Crippen molar-refractivity contribution >= 4 is 6.41 Å². The Bertz CT molecular complexity index is 484. The van der Waals surface area contributed by atoms with Crippen LogP contribution in [0.3, 0.4) is 0 Å². The quantitative estimate of drug-likeness (QED) is 0.561. The van der Waals surface area contributed by atoms with Gasteiger partial charge in [-0.2, -0.15) is 0 Å². The van der Waals surface area contributed by atoms with E-state index in [0.29, 0.717) is 17.9 Å². The molecule has 0 fully saturated rings. The zero-order valence-electron chi connectivity index (χ0n) is 15.7. The summed E-state index contributed by atoms with van der Waals surface area (Å²) in [7, 11) is 0. The molecule has 0 aliphatic rings. The minimum atomic E-state index is -0.0112. The molecule has 0 radical (unpaired) electrons. The highest BCUT2D eigenvalue weighted by atomic mass is 16.1.